The molecule has 1 aliphatic carbocycles. The summed E-state index contributed by atoms with van der Waals surface area (Å²) in [6, 6.07) is 5.24. The van der Waals surface area contributed by atoms with Crippen molar-refractivity contribution in [2.24, 2.45) is 0 Å². The van der Waals surface area contributed by atoms with Crippen molar-refractivity contribution in [3.05, 3.63) is 35.1 Å². The number of carbonyl (C=O) groups is 1. The molecule has 96 valence electrons. The van der Waals surface area contributed by atoms with Gasteiger partial charge in [-0.05, 0) is 36.5 Å². The summed E-state index contributed by atoms with van der Waals surface area (Å²) in [7, 11) is 1.83. The van der Waals surface area contributed by atoms with Crippen LogP contribution in [0.4, 0.5) is 4.39 Å². The Morgan fingerprint density at radius 1 is 1.33 bits per heavy atom. The van der Waals surface area contributed by atoms with Crippen LogP contribution in [-0.2, 0) is 11.2 Å². The number of likely N-dealkylation sites (N-methyl/N-ethyl adjacent to an activating group) is 1. The molecular formula is C14H17FN2O. The predicted octanol–water partition coefficient (Wildman–Crippen LogP) is 1.63. The third kappa shape index (κ3) is 1.81. The molecule has 0 spiro atoms. The van der Waals surface area contributed by atoms with E-state index >= 15 is 0 Å². The number of likely N-dealkylation sites (tertiary alicyclic amines) is 1. The molecule has 2 unspecified atom stereocenters. The van der Waals surface area contributed by atoms with Gasteiger partial charge in [-0.2, -0.15) is 0 Å². The van der Waals surface area contributed by atoms with Crippen LogP contribution in [0.15, 0.2) is 18.2 Å². The lowest BCUT2D eigenvalue weighted by Crippen LogP contribution is -2.38. The first-order valence-electron chi connectivity index (χ1n) is 6.45. The van der Waals surface area contributed by atoms with Gasteiger partial charge in [0, 0.05) is 19.6 Å². The van der Waals surface area contributed by atoms with Crippen molar-refractivity contribution in [1.82, 2.24) is 10.2 Å². The minimum absolute atomic E-state index is 0.103. The van der Waals surface area contributed by atoms with Crippen LogP contribution in [-0.4, -0.2) is 30.4 Å². The van der Waals surface area contributed by atoms with Gasteiger partial charge in [-0.15, -0.1) is 0 Å². The van der Waals surface area contributed by atoms with E-state index in [1.807, 2.05) is 13.1 Å². The quantitative estimate of drug-likeness (QED) is 0.863. The molecular weight excluding hydrogens is 231 g/mol. The maximum Gasteiger partial charge on any atom is 0.239 e. The zero-order chi connectivity index (χ0) is 12.7. The molecule has 0 saturated carbocycles. The largest absolute Gasteiger partial charge is 0.344 e. The molecule has 0 bridgehead atoms. The molecule has 1 aromatic carbocycles. The highest BCUT2D eigenvalue weighted by Gasteiger charge is 2.33. The number of amides is 1. The van der Waals surface area contributed by atoms with Crippen molar-refractivity contribution >= 4 is 5.91 Å². The normalized spacial score (nSPS) is 26.8. The highest BCUT2D eigenvalue weighted by molar-refractivity contribution is 5.83. The third-order valence-corrected chi connectivity index (χ3v) is 4.04. The third-order valence-electron chi connectivity index (χ3n) is 4.04. The molecule has 1 amide bonds. The van der Waals surface area contributed by atoms with E-state index in [1.165, 1.54) is 6.07 Å². The summed E-state index contributed by atoms with van der Waals surface area (Å²) >= 11 is 0. The van der Waals surface area contributed by atoms with Crippen LogP contribution in [0.1, 0.15) is 30.0 Å². The number of carbonyl (C=O) groups excluding carboxylic acids is 1. The molecule has 3 rings (SSSR count). The number of hydrogen-bond acceptors (Lipinski definition) is 2. The highest BCUT2D eigenvalue weighted by atomic mass is 19.1. The molecule has 0 radical (unpaired) electrons. The van der Waals surface area contributed by atoms with Crippen LogP contribution < -0.4 is 5.32 Å². The first kappa shape index (κ1) is 11.7. The molecule has 0 aromatic heterocycles. The summed E-state index contributed by atoms with van der Waals surface area (Å²) < 4.78 is 13.6. The Kier molecular flexibility index (Phi) is 2.82. The Morgan fingerprint density at radius 3 is 2.89 bits per heavy atom. The lowest BCUT2D eigenvalue weighted by atomic mass is 10.1. The summed E-state index contributed by atoms with van der Waals surface area (Å²) in [6.45, 7) is 0.805. The van der Waals surface area contributed by atoms with E-state index in [0.29, 0.717) is 0 Å². The van der Waals surface area contributed by atoms with Gasteiger partial charge in [-0.3, -0.25) is 10.1 Å². The monoisotopic (exact) mass is 248 g/mol. The molecule has 1 aromatic rings. The second-order valence-electron chi connectivity index (χ2n) is 5.17. The average Bonchev–Trinajstić information content (AvgIpc) is 2.90. The van der Waals surface area contributed by atoms with E-state index in [1.54, 1.807) is 11.0 Å². The molecule has 1 aliphatic heterocycles. The fraction of sp³-hybridized carbons (Fsp3) is 0.500. The van der Waals surface area contributed by atoms with Crippen LogP contribution in [0.25, 0.3) is 0 Å². The van der Waals surface area contributed by atoms with E-state index in [0.717, 1.165) is 36.9 Å². The molecule has 2 aliphatic rings. The van der Waals surface area contributed by atoms with Crippen molar-refractivity contribution in [2.75, 3.05) is 13.6 Å². The van der Waals surface area contributed by atoms with Crippen molar-refractivity contribution < 1.29 is 9.18 Å². The number of hydrogen-bond donors (Lipinski definition) is 1. The summed E-state index contributed by atoms with van der Waals surface area (Å²) in [4.78, 5) is 13.6. The summed E-state index contributed by atoms with van der Waals surface area (Å²) in [5.41, 5.74) is 1.84. The van der Waals surface area contributed by atoms with Crippen molar-refractivity contribution in [3.63, 3.8) is 0 Å². The first-order valence-corrected chi connectivity index (χ1v) is 6.45. The Bertz CT molecular complexity index is 489. The van der Waals surface area contributed by atoms with Gasteiger partial charge >= 0.3 is 0 Å². The van der Waals surface area contributed by atoms with E-state index in [9.17, 15) is 9.18 Å². The first-order chi connectivity index (χ1) is 8.66. The Labute approximate surface area is 106 Å². The fourth-order valence-corrected chi connectivity index (χ4v) is 3.00. The van der Waals surface area contributed by atoms with Gasteiger partial charge in [0.15, 0.2) is 0 Å². The summed E-state index contributed by atoms with van der Waals surface area (Å²) in [5, 5.41) is 3.38. The molecule has 1 N–H and O–H groups in total. The minimum Gasteiger partial charge on any atom is -0.344 e. The molecule has 1 fully saturated rings. The SMILES string of the molecule is CN1CCC(NC2CCc3c(F)cccc32)C1=O. The zero-order valence-corrected chi connectivity index (χ0v) is 10.4. The second-order valence-corrected chi connectivity index (χ2v) is 5.17. The van der Waals surface area contributed by atoms with E-state index < -0.39 is 0 Å². The van der Waals surface area contributed by atoms with E-state index in [-0.39, 0.29) is 23.8 Å². The van der Waals surface area contributed by atoms with Gasteiger partial charge in [0.05, 0.1) is 6.04 Å². The standard InChI is InChI=1S/C14H17FN2O/c1-17-8-7-13(14(17)18)16-12-6-5-9-10(12)3-2-4-11(9)15/h2-4,12-13,16H,5-8H2,1H3. The van der Waals surface area contributed by atoms with Gasteiger partial charge in [-0.1, -0.05) is 12.1 Å². The molecule has 2 atom stereocenters. The Morgan fingerprint density at radius 2 is 2.17 bits per heavy atom. The average molecular weight is 248 g/mol. The Hall–Kier alpha value is -1.42. The fourth-order valence-electron chi connectivity index (χ4n) is 3.00. The van der Waals surface area contributed by atoms with Crippen molar-refractivity contribution in [3.8, 4) is 0 Å². The van der Waals surface area contributed by atoms with E-state index in [2.05, 4.69) is 5.32 Å². The van der Waals surface area contributed by atoms with Crippen LogP contribution in [0.2, 0.25) is 0 Å². The highest BCUT2D eigenvalue weighted by Crippen LogP contribution is 2.33. The molecule has 1 saturated heterocycles. The maximum atomic E-state index is 13.6. The maximum absolute atomic E-state index is 13.6. The lowest BCUT2D eigenvalue weighted by molar-refractivity contribution is -0.128. The van der Waals surface area contributed by atoms with E-state index in [4.69, 9.17) is 0 Å². The minimum atomic E-state index is -0.119. The van der Waals surface area contributed by atoms with Crippen molar-refractivity contribution in [2.45, 2.75) is 31.3 Å². The van der Waals surface area contributed by atoms with Crippen molar-refractivity contribution in [1.29, 1.82) is 0 Å². The summed E-state index contributed by atoms with van der Waals surface area (Å²) in [5.74, 6) is 0.0338. The van der Waals surface area contributed by atoms with Crippen LogP contribution in [0.3, 0.4) is 0 Å². The molecule has 4 heteroatoms. The van der Waals surface area contributed by atoms with Gasteiger partial charge in [0.2, 0.25) is 5.91 Å². The summed E-state index contributed by atoms with van der Waals surface area (Å²) in [6.07, 6.45) is 2.48. The Balaban J connectivity index is 1.77. The number of nitrogens with zero attached hydrogens (tertiary/aromatic N) is 1. The second kappa shape index (κ2) is 4.35. The molecule has 1 heterocycles. The number of rotatable bonds is 2. The van der Waals surface area contributed by atoms with Crippen LogP contribution in [0, 0.1) is 5.82 Å². The molecule has 18 heavy (non-hydrogen) atoms. The van der Waals surface area contributed by atoms with Gasteiger partial charge in [0.1, 0.15) is 5.82 Å². The molecule has 3 nitrogen and oxygen atoms in total. The van der Waals surface area contributed by atoms with Gasteiger partial charge in [0.25, 0.3) is 0 Å². The van der Waals surface area contributed by atoms with Crippen LogP contribution >= 0.6 is 0 Å². The van der Waals surface area contributed by atoms with Gasteiger partial charge in [-0.25, -0.2) is 4.39 Å². The number of fused-ring (bicyclic) bond motifs is 1. The lowest BCUT2D eigenvalue weighted by Gasteiger charge is -2.18. The smallest absolute Gasteiger partial charge is 0.239 e. The zero-order valence-electron chi connectivity index (χ0n) is 10.4. The number of benzene rings is 1. The van der Waals surface area contributed by atoms with Gasteiger partial charge < -0.3 is 4.90 Å². The number of halogens is 1. The predicted molar refractivity (Wildman–Crippen MR) is 66.6 cm³/mol. The number of nitrogens with one attached hydrogen (secondary N) is 1. The van der Waals surface area contributed by atoms with Crippen LogP contribution in [0.5, 0.6) is 0 Å². The topological polar surface area (TPSA) is 32.3 Å².